The van der Waals surface area contributed by atoms with Gasteiger partial charge in [-0.3, -0.25) is 0 Å². The van der Waals surface area contributed by atoms with E-state index >= 15 is 0 Å². The van der Waals surface area contributed by atoms with Crippen LogP contribution in [0.2, 0.25) is 0 Å². The fraction of sp³-hybridized carbons (Fsp3) is 0.152. The quantitative estimate of drug-likeness (QED) is 0.156. The third-order valence-electron chi connectivity index (χ3n) is 14.5. The molecular weight excluding hydrogens is 793 g/mol. The number of rotatable bonds is 6. The van der Waals surface area contributed by atoms with Crippen molar-refractivity contribution in [1.82, 2.24) is 0 Å². The minimum absolute atomic E-state index is 0.157. The fourth-order valence-electron chi connectivity index (χ4n) is 11.8. The Morgan fingerprint density at radius 3 is 1.14 bits per heavy atom. The minimum Gasteiger partial charge on any atom is -0.0622 e. The molecule has 0 heterocycles. The number of hydrogen-bond donors (Lipinski definition) is 0. The van der Waals surface area contributed by atoms with Crippen molar-refractivity contribution < 1.29 is 0 Å². The summed E-state index contributed by atoms with van der Waals surface area (Å²) in [5.41, 5.74) is 16.1. The molecule has 0 aliphatic heterocycles. The van der Waals surface area contributed by atoms with Crippen molar-refractivity contribution in [3.63, 3.8) is 0 Å². The molecule has 1 aliphatic rings. The summed E-state index contributed by atoms with van der Waals surface area (Å²) in [5, 5.41) is 4.99. The molecule has 1 aliphatic carbocycles. The molecule has 0 bridgehead atoms. The van der Waals surface area contributed by atoms with Crippen LogP contribution >= 0.6 is 0 Å². The maximum atomic E-state index is 2.55. The van der Waals surface area contributed by atoms with Gasteiger partial charge < -0.3 is 0 Å². The molecule has 0 radical (unpaired) electrons. The topological polar surface area (TPSA) is 0 Å². The lowest BCUT2D eigenvalue weighted by Gasteiger charge is -2.54. The van der Waals surface area contributed by atoms with Gasteiger partial charge >= 0.3 is 0 Å². The molecule has 0 N–H and O–H groups in total. The standard InChI is InChI=1S/C66H56/c1-63(2,3)59-43-44-60-62(61(59)64(4,5)6)66(56-34-20-28-50-26-14-16-30-54(50)56,52-41-37-48(38-42-52)46-23-11-8-12-24-46)58-32-18-17-31-57(58)65(60,55-33-19-27-49-25-13-15-29-53(49)55)51-39-35-47(36-40-51)45-21-9-7-10-22-45/h7-44H,1-6H3. The van der Waals surface area contributed by atoms with Crippen molar-refractivity contribution in [3.05, 3.63) is 286 Å². The van der Waals surface area contributed by atoms with Crippen LogP contribution in [-0.4, -0.2) is 0 Å². The second-order valence-electron chi connectivity index (χ2n) is 20.4. The van der Waals surface area contributed by atoms with Gasteiger partial charge in [0, 0.05) is 0 Å². The highest BCUT2D eigenvalue weighted by atomic mass is 14.6. The zero-order chi connectivity index (χ0) is 45.3. The van der Waals surface area contributed by atoms with Crippen molar-refractivity contribution in [2.45, 2.75) is 63.2 Å². The molecule has 0 nitrogen and oxygen atoms in total. The van der Waals surface area contributed by atoms with Crippen molar-refractivity contribution >= 4 is 21.5 Å². The van der Waals surface area contributed by atoms with Crippen molar-refractivity contribution in [2.24, 2.45) is 0 Å². The molecule has 0 heteroatoms. The van der Waals surface area contributed by atoms with Crippen LogP contribution in [0.3, 0.4) is 0 Å². The van der Waals surface area contributed by atoms with Gasteiger partial charge in [-0.2, -0.15) is 0 Å². The minimum atomic E-state index is -0.746. The third-order valence-corrected chi connectivity index (χ3v) is 14.5. The Morgan fingerprint density at radius 2 is 0.652 bits per heavy atom. The molecule has 0 aromatic heterocycles. The van der Waals surface area contributed by atoms with Gasteiger partial charge in [0.15, 0.2) is 0 Å². The van der Waals surface area contributed by atoms with Gasteiger partial charge in [0.05, 0.1) is 10.8 Å². The predicted octanol–water partition coefficient (Wildman–Crippen LogP) is 17.0. The van der Waals surface area contributed by atoms with Gasteiger partial charge in [-0.1, -0.05) is 272 Å². The number of benzene rings is 10. The maximum absolute atomic E-state index is 2.55. The first-order valence-electron chi connectivity index (χ1n) is 23.6. The fourth-order valence-corrected chi connectivity index (χ4v) is 11.8. The Kier molecular flexibility index (Phi) is 9.86. The molecule has 10 aromatic rings. The Balaban J connectivity index is 1.39. The molecule has 0 fully saturated rings. The largest absolute Gasteiger partial charge is 0.0716 e. The van der Waals surface area contributed by atoms with Gasteiger partial charge in [-0.25, -0.2) is 0 Å². The van der Waals surface area contributed by atoms with Gasteiger partial charge in [0.25, 0.3) is 0 Å². The van der Waals surface area contributed by atoms with Crippen LogP contribution in [0.15, 0.2) is 231 Å². The Morgan fingerprint density at radius 1 is 0.273 bits per heavy atom. The maximum Gasteiger partial charge on any atom is 0.0716 e. The van der Waals surface area contributed by atoms with E-state index < -0.39 is 10.8 Å². The van der Waals surface area contributed by atoms with Crippen molar-refractivity contribution in [1.29, 1.82) is 0 Å². The van der Waals surface area contributed by atoms with Crippen LogP contribution < -0.4 is 0 Å². The van der Waals surface area contributed by atoms with Gasteiger partial charge in [0.2, 0.25) is 0 Å². The normalized spacial score (nSPS) is 17.1. The van der Waals surface area contributed by atoms with Crippen LogP contribution in [0.25, 0.3) is 43.8 Å². The van der Waals surface area contributed by atoms with E-state index in [2.05, 4.69) is 272 Å². The van der Waals surface area contributed by atoms with E-state index in [9.17, 15) is 0 Å². The van der Waals surface area contributed by atoms with E-state index in [-0.39, 0.29) is 10.8 Å². The van der Waals surface area contributed by atoms with E-state index in [1.165, 1.54) is 99.4 Å². The SMILES string of the molecule is CC(C)(C)c1ccc2c(c1C(C)(C)C)C(c1ccc(-c3ccccc3)cc1)(c1cccc3ccccc13)c1ccccc1C2(c1ccc(-c2ccccc2)cc1)c1cccc2ccccc12. The zero-order valence-corrected chi connectivity index (χ0v) is 38.9. The number of fused-ring (bicyclic) bond motifs is 4. The molecule has 320 valence electrons. The van der Waals surface area contributed by atoms with Crippen LogP contribution in [0.1, 0.15) is 97.2 Å². The molecule has 2 unspecified atom stereocenters. The Hall–Kier alpha value is -7.28. The molecule has 0 saturated heterocycles. The summed E-state index contributed by atoms with van der Waals surface area (Å²) >= 11 is 0. The number of hydrogen-bond acceptors (Lipinski definition) is 0. The first-order valence-corrected chi connectivity index (χ1v) is 23.6. The third kappa shape index (κ3) is 6.34. The highest BCUT2D eigenvalue weighted by molar-refractivity contribution is 5.94. The second kappa shape index (κ2) is 15.7. The first kappa shape index (κ1) is 41.4. The second-order valence-corrected chi connectivity index (χ2v) is 20.4. The summed E-state index contributed by atoms with van der Waals surface area (Å²) in [6, 6.07) is 87.3. The monoisotopic (exact) mass is 848 g/mol. The lowest BCUT2D eigenvalue weighted by molar-refractivity contribution is 0.505. The summed E-state index contributed by atoms with van der Waals surface area (Å²) in [5.74, 6) is 0. The molecule has 66 heavy (non-hydrogen) atoms. The molecule has 0 saturated carbocycles. The molecule has 0 spiro atoms. The van der Waals surface area contributed by atoms with Crippen LogP contribution in [-0.2, 0) is 21.7 Å². The summed E-state index contributed by atoms with van der Waals surface area (Å²) in [7, 11) is 0. The Labute approximate surface area is 391 Å². The van der Waals surface area contributed by atoms with E-state index in [0.717, 1.165) is 0 Å². The van der Waals surface area contributed by atoms with Gasteiger partial charge in [-0.15, -0.1) is 0 Å². The van der Waals surface area contributed by atoms with E-state index in [0.29, 0.717) is 0 Å². The van der Waals surface area contributed by atoms with Gasteiger partial charge in [0.1, 0.15) is 0 Å². The van der Waals surface area contributed by atoms with E-state index in [1.54, 1.807) is 0 Å². The average molecular weight is 849 g/mol. The van der Waals surface area contributed by atoms with Crippen LogP contribution in [0, 0.1) is 0 Å². The van der Waals surface area contributed by atoms with Crippen molar-refractivity contribution in [2.75, 3.05) is 0 Å². The summed E-state index contributed by atoms with van der Waals surface area (Å²) in [4.78, 5) is 0. The summed E-state index contributed by atoms with van der Waals surface area (Å²) in [6.45, 7) is 14.5. The lowest BCUT2D eigenvalue weighted by Crippen LogP contribution is -2.47. The molecule has 11 rings (SSSR count). The highest BCUT2D eigenvalue weighted by Crippen LogP contribution is 2.64. The van der Waals surface area contributed by atoms with Crippen molar-refractivity contribution in [3.8, 4) is 22.3 Å². The predicted molar refractivity (Wildman–Crippen MR) is 280 cm³/mol. The van der Waals surface area contributed by atoms with Gasteiger partial charge in [-0.05, 0) is 110 Å². The zero-order valence-electron chi connectivity index (χ0n) is 38.9. The van der Waals surface area contributed by atoms with Crippen LogP contribution in [0.5, 0.6) is 0 Å². The highest BCUT2D eigenvalue weighted by Gasteiger charge is 2.56. The Bertz CT molecular complexity index is 3390. The first-order chi connectivity index (χ1) is 32.0. The van der Waals surface area contributed by atoms with Crippen LogP contribution in [0.4, 0.5) is 0 Å². The summed E-state index contributed by atoms with van der Waals surface area (Å²) in [6.07, 6.45) is 0. The molecule has 2 atom stereocenters. The van der Waals surface area contributed by atoms with E-state index in [4.69, 9.17) is 0 Å². The summed E-state index contributed by atoms with van der Waals surface area (Å²) < 4.78 is 0. The lowest BCUT2D eigenvalue weighted by atomic mass is 9.48. The van der Waals surface area contributed by atoms with E-state index in [1.807, 2.05) is 0 Å². The average Bonchev–Trinajstić information content (AvgIpc) is 3.35. The smallest absolute Gasteiger partial charge is 0.0622 e. The molecular formula is C66H56. The molecule has 0 amide bonds. The molecule has 10 aromatic carbocycles.